The summed E-state index contributed by atoms with van der Waals surface area (Å²) >= 11 is 7.83. The van der Waals surface area contributed by atoms with E-state index < -0.39 is 5.97 Å². The lowest BCUT2D eigenvalue weighted by Crippen LogP contribution is -2.27. The topological polar surface area (TPSA) is 87.8 Å². The summed E-state index contributed by atoms with van der Waals surface area (Å²) in [6.45, 7) is 1.51. The lowest BCUT2D eigenvalue weighted by atomic mass is 10.2. The Morgan fingerprint density at radius 1 is 1.10 bits per heavy atom. The van der Waals surface area contributed by atoms with Gasteiger partial charge in [0.1, 0.15) is 11.5 Å². The van der Waals surface area contributed by atoms with E-state index in [1.54, 1.807) is 36.4 Å². The number of furan rings is 1. The zero-order chi connectivity index (χ0) is 21.4. The van der Waals surface area contributed by atoms with Crippen molar-refractivity contribution in [2.45, 2.75) is 6.92 Å². The molecule has 1 fully saturated rings. The Kier molecular flexibility index (Phi) is 5.42. The van der Waals surface area contributed by atoms with Crippen molar-refractivity contribution in [2.24, 2.45) is 0 Å². The van der Waals surface area contributed by atoms with Crippen LogP contribution in [0.5, 0.6) is 0 Å². The van der Waals surface area contributed by atoms with Crippen LogP contribution in [-0.4, -0.2) is 27.1 Å². The minimum atomic E-state index is -1.04. The van der Waals surface area contributed by atoms with Crippen molar-refractivity contribution in [1.29, 1.82) is 0 Å². The lowest BCUT2D eigenvalue weighted by molar-refractivity contribution is -0.113. The summed E-state index contributed by atoms with van der Waals surface area (Å²) in [5.41, 5.74) is 0.630. The molecule has 1 aromatic carbocycles. The van der Waals surface area contributed by atoms with Crippen molar-refractivity contribution >= 4 is 69.1 Å². The van der Waals surface area contributed by atoms with Gasteiger partial charge in [-0.2, -0.15) is 0 Å². The fraction of sp³-hybridized carbons (Fsp3) is 0.0476. The van der Waals surface area contributed by atoms with E-state index in [4.69, 9.17) is 21.7 Å². The van der Waals surface area contributed by atoms with Gasteiger partial charge in [0.15, 0.2) is 10.1 Å². The molecule has 30 heavy (non-hydrogen) atoms. The van der Waals surface area contributed by atoms with Crippen LogP contribution in [0.3, 0.4) is 0 Å². The predicted molar refractivity (Wildman–Crippen MR) is 121 cm³/mol. The van der Waals surface area contributed by atoms with Crippen LogP contribution in [0.15, 0.2) is 57.9 Å². The zero-order valence-electron chi connectivity index (χ0n) is 15.4. The van der Waals surface area contributed by atoms with E-state index in [0.29, 0.717) is 31.3 Å². The molecule has 0 aliphatic carbocycles. The van der Waals surface area contributed by atoms with Crippen molar-refractivity contribution in [1.82, 2.24) is 0 Å². The summed E-state index contributed by atoms with van der Waals surface area (Å²) < 4.78 is 6.17. The number of carbonyl (C=O) groups is 3. The molecule has 4 rings (SSSR count). The second-order valence-corrected chi connectivity index (χ2v) is 9.05. The fourth-order valence-electron chi connectivity index (χ4n) is 2.79. The molecule has 0 unspecified atom stereocenters. The highest BCUT2D eigenvalue weighted by atomic mass is 32.2. The van der Waals surface area contributed by atoms with Gasteiger partial charge in [-0.1, -0.05) is 24.0 Å². The summed E-state index contributed by atoms with van der Waals surface area (Å²) in [5.74, 6) is -0.247. The van der Waals surface area contributed by atoms with E-state index in [1.807, 2.05) is 6.07 Å². The largest absolute Gasteiger partial charge is 0.478 e. The number of thiocarbonyl (C=S) groups is 1. The smallest absolute Gasteiger partial charge is 0.335 e. The third kappa shape index (κ3) is 3.87. The number of thioether (sulfide) groups is 1. The van der Waals surface area contributed by atoms with Crippen LogP contribution >= 0.6 is 35.3 Å². The normalized spacial score (nSPS) is 15.2. The Morgan fingerprint density at radius 2 is 1.83 bits per heavy atom. The molecule has 3 heterocycles. The monoisotopic (exact) mass is 455 g/mol. The van der Waals surface area contributed by atoms with Gasteiger partial charge in [0.2, 0.25) is 0 Å². The number of nitrogens with zero attached hydrogens (tertiary/aromatic N) is 1. The van der Waals surface area contributed by atoms with Crippen LogP contribution in [0.25, 0.3) is 16.7 Å². The number of Topliss-reactive ketones (excluding diaryl/α,β-unsaturated/α-hetero) is 1. The highest BCUT2D eigenvalue weighted by Gasteiger charge is 2.33. The Hall–Kier alpha value is -3.01. The maximum atomic E-state index is 12.9. The molecule has 6 nitrogen and oxygen atoms in total. The highest BCUT2D eigenvalue weighted by Crippen LogP contribution is 2.37. The van der Waals surface area contributed by atoms with Gasteiger partial charge in [-0.05, 0) is 55.5 Å². The number of benzene rings is 1. The molecule has 0 saturated carbocycles. The Bertz CT molecular complexity index is 1220. The number of thiophene rings is 1. The average Bonchev–Trinajstić information content (AvgIpc) is 3.42. The van der Waals surface area contributed by atoms with Crippen molar-refractivity contribution in [3.8, 4) is 10.6 Å². The standard InChI is InChI=1S/C21H13NO5S3/c1-11(23)16-8-9-17(29-16)15-7-6-14(27-15)10-18-19(24)22(21(28)30-18)13-4-2-12(3-5-13)20(25)26/h2-10H,1H3,(H,25,26)/b18-10+. The van der Waals surface area contributed by atoms with E-state index in [0.717, 1.165) is 16.6 Å². The number of carboxylic acid groups (broad SMARTS) is 1. The van der Waals surface area contributed by atoms with E-state index in [1.165, 1.54) is 35.3 Å². The molecule has 1 saturated heterocycles. The minimum Gasteiger partial charge on any atom is -0.478 e. The van der Waals surface area contributed by atoms with Crippen LogP contribution in [0, 0.1) is 0 Å². The molecule has 9 heteroatoms. The Morgan fingerprint density at radius 3 is 2.47 bits per heavy atom. The molecule has 0 radical (unpaired) electrons. The van der Waals surface area contributed by atoms with E-state index in [2.05, 4.69) is 0 Å². The fourth-order valence-corrected chi connectivity index (χ4v) is 4.94. The first-order valence-electron chi connectivity index (χ1n) is 8.66. The molecule has 2 aromatic heterocycles. The predicted octanol–water partition coefficient (Wildman–Crippen LogP) is 5.31. The van der Waals surface area contributed by atoms with Crippen molar-refractivity contribution in [2.75, 3.05) is 4.90 Å². The molecule has 150 valence electrons. The van der Waals surface area contributed by atoms with Gasteiger partial charge in [0.25, 0.3) is 5.91 Å². The second-order valence-electron chi connectivity index (χ2n) is 6.29. The number of carboxylic acids is 1. The summed E-state index contributed by atoms with van der Waals surface area (Å²) in [4.78, 5) is 38.6. The highest BCUT2D eigenvalue weighted by molar-refractivity contribution is 8.27. The zero-order valence-corrected chi connectivity index (χ0v) is 17.9. The van der Waals surface area contributed by atoms with Crippen LogP contribution in [0.2, 0.25) is 0 Å². The molecule has 1 aliphatic heterocycles. The van der Waals surface area contributed by atoms with Gasteiger partial charge in [0.05, 0.1) is 25.9 Å². The number of ketones is 1. The first-order valence-corrected chi connectivity index (χ1v) is 10.7. The minimum absolute atomic E-state index is 0.00177. The van der Waals surface area contributed by atoms with E-state index >= 15 is 0 Å². The number of hydrogen-bond donors (Lipinski definition) is 1. The Balaban J connectivity index is 1.57. The first-order chi connectivity index (χ1) is 14.3. The number of aromatic carboxylic acids is 1. The quantitative estimate of drug-likeness (QED) is 0.317. The van der Waals surface area contributed by atoms with Gasteiger partial charge in [-0.15, -0.1) is 11.3 Å². The third-order valence-corrected chi connectivity index (χ3v) is 6.76. The second kappa shape index (κ2) is 8.02. The van der Waals surface area contributed by atoms with Gasteiger partial charge >= 0.3 is 5.97 Å². The van der Waals surface area contributed by atoms with Crippen LogP contribution in [-0.2, 0) is 4.79 Å². The molecular weight excluding hydrogens is 442 g/mol. The molecule has 1 amide bonds. The van der Waals surface area contributed by atoms with Crippen molar-refractivity contribution in [3.63, 3.8) is 0 Å². The number of hydrogen-bond acceptors (Lipinski definition) is 7. The van der Waals surface area contributed by atoms with Gasteiger partial charge < -0.3 is 9.52 Å². The van der Waals surface area contributed by atoms with Gasteiger partial charge in [0, 0.05) is 6.08 Å². The third-order valence-electron chi connectivity index (χ3n) is 4.26. The number of carbonyl (C=O) groups excluding carboxylic acids is 2. The Labute approximate surface area is 184 Å². The van der Waals surface area contributed by atoms with Crippen molar-refractivity contribution in [3.05, 3.63) is 69.6 Å². The van der Waals surface area contributed by atoms with Crippen LogP contribution < -0.4 is 4.90 Å². The summed E-state index contributed by atoms with van der Waals surface area (Å²) in [6.07, 6.45) is 1.62. The molecule has 0 atom stereocenters. The summed E-state index contributed by atoms with van der Waals surface area (Å²) in [5, 5.41) is 9.02. The average molecular weight is 456 g/mol. The van der Waals surface area contributed by atoms with Gasteiger partial charge in [-0.3, -0.25) is 14.5 Å². The molecule has 1 aliphatic rings. The first kappa shape index (κ1) is 20.3. The van der Waals surface area contributed by atoms with Crippen LogP contribution in [0.4, 0.5) is 5.69 Å². The molecule has 0 spiro atoms. The maximum Gasteiger partial charge on any atom is 0.335 e. The van der Waals surface area contributed by atoms with E-state index in [-0.39, 0.29) is 17.3 Å². The van der Waals surface area contributed by atoms with Crippen LogP contribution in [0.1, 0.15) is 32.7 Å². The molecule has 0 bridgehead atoms. The summed E-state index contributed by atoms with van der Waals surface area (Å²) in [7, 11) is 0. The van der Waals surface area contributed by atoms with E-state index in [9.17, 15) is 14.4 Å². The number of anilines is 1. The summed E-state index contributed by atoms with van der Waals surface area (Å²) in [6, 6.07) is 13.1. The SMILES string of the molecule is CC(=O)c1ccc(-c2ccc(/C=C3/SC(=S)N(c4ccc(C(=O)O)cc4)C3=O)o2)s1. The number of amides is 1. The molecular formula is C21H13NO5S3. The number of rotatable bonds is 5. The molecule has 1 N–H and O–H groups in total. The lowest BCUT2D eigenvalue weighted by Gasteiger charge is -2.14. The maximum absolute atomic E-state index is 12.9. The van der Waals surface area contributed by atoms with Crippen molar-refractivity contribution < 1.29 is 23.9 Å². The van der Waals surface area contributed by atoms with Gasteiger partial charge in [-0.25, -0.2) is 4.79 Å². The molecule has 3 aromatic rings.